The lowest BCUT2D eigenvalue weighted by Gasteiger charge is -2.05. The fourth-order valence-electron chi connectivity index (χ4n) is 2.12. The first-order valence-corrected chi connectivity index (χ1v) is 7.58. The van der Waals surface area contributed by atoms with E-state index < -0.39 is 11.1 Å². The summed E-state index contributed by atoms with van der Waals surface area (Å²) in [6.45, 7) is 0.0630. The summed E-state index contributed by atoms with van der Waals surface area (Å²) in [6, 6.07) is 11.6. The summed E-state index contributed by atoms with van der Waals surface area (Å²) in [7, 11) is 0. The van der Waals surface area contributed by atoms with E-state index in [1.165, 1.54) is 22.3 Å². The summed E-state index contributed by atoms with van der Waals surface area (Å²) in [4.78, 5) is 15.7. The van der Waals surface area contributed by atoms with Gasteiger partial charge < -0.3 is 0 Å². The molecule has 0 aliphatic carbocycles. The maximum Gasteiger partial charge on any atom is 0.425 e. The van der Waals surface area contributed by atoms with Crippen LogP contribution in [0.5, 0.6) is 0 Å². The summed E-state index contributed by atoms with van der Waals surface area (Å²) >= 11 is 0.621. The summed E-state index contributed by atoms with van der Waals surface area (Å²) < 4.78 is 39.1. The van der Waals surface area contributed by atoms with E-state index in [-0.39, 0.29) is 12.1 Å². The molecule has 0 amide bonds. The molecule has 0 saturated heterocycles. The Morgan fingerprint density at radius 2 is 1.87 bits per heavy atom. The maximum absolute atomic E-state index is 12.6. The normalized spacial score (nSPS) is 11.6. The predicted octanol–water partition coefficient (Wildman–Crippen LogP) is 4.04. The lowest BCUT2D eigenvalue weighted by atomic mass is 10.1. The van der Waals surface area contributed by atoms with Crippen LogP contribution >= 0.6 is 11.3 Å². The minimum absolute atomic E-state index is 0.0630. The van der Waals surface area contributed by atoms with Gasteiger partial charge in [0.05, 0.1) is 18.6 Å². The van der Waals surface area contributed by atoms with Gasteiger partial charge in [0.25, 0.3) is 5.56 Å². The highest BCUT2D eigenvalue weighted by Crippen LogP contribution is 2.34. The molecule has 3 nitrogen and oxygen atoms in total. The quantitative estimate of drug-likeness (QED) is 0.723. The Kier molecular flexibility index (Phi) is 4.04. The largest absolute Gasteiger partial charge is 0.425 e. The Hall–Kier alpha value is -2.41. The molecule has 2 heterocycles. The van der Waals surface area contributed by atoms with Crippen LogP contribution in [0, 0.1) is 0 Å². The number of halogens is 3. The highest BCUT2D eigenvalue weighted by molar-refractivity contribution is 7.10. The van der Waals surface area contributed by atoms with Crippen molar-refractivity contribution in [1.82, 2.24) is 9.55 Å². The Morgan fingerprint density at radius 1 is 1.13 bits per heavy atom. The van der Waals surface area contributed by atoms with Gasteiger partial charge in [0, 0.05) is 11.6 Å². The summed E-state index contributed by atoms with van der Waals surface area (Å²) in [5, 5.41) is 1.40. The SMILES string of the molecule is O=c1cc(-c2ccccc2)ncn1Cc1csc(C(F)(F)F)c1. The Morgan fingerprint density at radius 3 is 2.48 bits per heavy atom. The monoisotopic (exact) mass is 336 g/mol. The van der Waals surface area contributed by atoms with Crippen LogP contribution in [0.25, 0.3) is 11.3 Å². The molecule has 0 bridgehead atoms. The van der Waals surface area contributed by atoms with E-state index >= 15 is 0 Å². The van der Waals surface area contributed by atoms with Gasteiger partial charge in [0.15, 0.2) is 0 Å². The first kappa shape index (κ1) is 15.5. The average Bonchev–Trinajstić information content (AvgIpc) is 2.99. The average molecular weight is 336 g/mol. The van der Waals surface area contributed by atoms with Crippen LogP contribution < -0.4 is 5.56 Å². The van der Waals surface area contributed by atoms with Gasteiger partial charge in [-0.05, 0) is 17.0 Å². The van der Waals surface area contributed by atoms with Crippen molar-refractivity contribution < 1.29 is 13.2 Å². The summed E-state index contributed by atoms with van der Waals surface area (Å²) in [5.74, 6) is 0. The van der Waals surface area contributed by atoms with Crippen LogP contribution in [0.2, 0.25) is 0 Å². The molecule has 0 radical (unpaired) electrons. The minimum atomic E-state index is -4.36. The van der Waals surface area contributed by atoms with Gasteiger partial charge in [0.2, 0.25) is 0 Å². The number of nitrogens with zero attached hydrogens (tertiary/aromatic N) is 2. The van der Waals surface area contributed by atoms with E-state index in [9.17, 15) is 18.0 Å². The molecule has 0 spiro atoms. The van der Waals surface area contributed by atoms with Crippen molar-refractivity contribution in [3.63, 3.8) is 0 Å². The number of alkyl halides is 3. The second-order valence-corrected chi connectivity index (χ2v) is 5.83. The molecule has 0 aliphatic heterocycles. The highest BCUT2D eigenvalue weighted by Gasteiger charge is 2.32. The zero-order chi connectivity index (χ0) is 16.4. The van der Waals surface area contributed by atoms with E-state index in [0.717, 1.165) is 11.6 Å². The predicted molar refractivity (Wildman–Crippen MR) is 82.4 cm³/mol. The van der Waals surface area contributed by atoms with Crippen molar-refractivity contribution in [2.24, 2.45) is 0 Å². The number of hydrogen-bond acceptors (Lipinski definition) is 3. The standard InChI is InChI=1S/C16H11F3N2OS/c17-16(18,19)14-6-11(9-23-14)8-21-10-20-13(7-15(21)22)12-4-2-1-3-5-12/h1-7,9-10H,8H2. The van der Waals surface area contributed by atoms with Crippen LogP contribution in [-0.2, 0) is 12.7 Å². The van der Waals surface area contributed by atoms with Gasteiger partial charge in [-0.1, -0.05) is 30.3 Å². The first-order chi connectivity index (χ1) is 10.9. The van der Waals surface area contributed by atoms with Gasteiger partial charge in [-0.3, -0.25) is 9.36 Å². The van der Waals surface area contributed by atoms with Crippen LogP contribution in [0.4, 0.5) is 13.2 Å². The van der Waals surface area contributed by atoms with Crippen molar-refractivity contribution in [3.8, 4) is 11.3 Å². The van der Waals surface area contributed by atoms with Crippen LogP contribution in [0.3, 0.4) is 0 Å². The highest BCUT2D eigenvalue weighted by atomic mass is 32.1. The zero-order valence-electron chi connectivity index (χ0n) is 11.7. The van der Waals surface area contributed by atoms with Crippen molar-refractivity contribution in [2.45, 2.75) is 12.7 Å². The topological polar surface area (TPSA) is 34.9 Å². The fourth-order valence-corrected chi connectivity index (χ4v) is 2.89. The van der Waals surface area contributed by atoms with E-state index in [4.69, 9.17) is 0 Å². The number of hydrogen-bond donors (Lipinski definition) is 0. The molecule has 0 saturated carbocycles. The fraction of sp³-hybridized carbons (Fsp3) is 0.125. The molecule has 7 heteroatoms. The second kappa shape index (κ2) is 6.00. The van der Waals surface area contributed by atoms with E-state index in [2.05, 4.69) is 4.98 Å². The van der Waals surface area contributed by atoms with Crippen molar-refractivity contribution in [1.29, 1.82) is 0 Å². The summed E-state index contributed by atoms with van der Waals surface area (Å²) in [5.41, 5.74) is 1.47. The molecule has 0 N–H and O–H groups in total. The molecule has 1 aromatic carbocycles. The van der Waals surface area contributed by atoms with Crippen LogP contribution in [0.15, 0.2) is 59.0 Å². The van der Waals surface area contributed by atoms with E-state index in [1.54, 1.807) is 0 Å². The molecule has 0 atom stereocenters. The first-order valence-electron chi connectivity index (χ1n) is 6.70. The molecule has 0 unspecified atom stereocenters. The zero-order valence-corrected chi connectivity index (χ0v) is 12.6. The second-order valence-electron chi connectivity index (χ2n) is 4.92. The Balaban J connectivity index is 1.85. The molecule has 23 heavy (non-hydrogen) atoms. The van der Waals surface area contributed by atoms with Gasteiger partial charge in [0.1, 0.15) is 4.88 Å². The third-order valence-corrected chi connectivity index (χ3v) is 4.26. The smallest absolute Gasteiger partial charge is 0.295 e. The molecular formula is C16H11F3N2OS. The van der Waals surface area contributed by atoms with E-state index in [0.29, 0.717) is 22.6 Å². The third-order valence-electron chi connectivity index (χ3n) is 3.24. The number of aromatic nitrogens is 2. The Labute approximate surface area is 133 Å². The maximum atomic E-state index is 12.6. The molecule has 0 aliphatic rings. The molecule has 2 aromatic heterocycles. The molecule has 118 valence electrons. The minimum Gasteiger partial charge on any atom is -0.295 e. The number of benzene rings is 1. The van der Waals surface area contributed by atoms with Crippen LogP contribution in [0.1, 0.15) is 10.4 Å². The van der Waals surface area contributed by atoms with Crippen molar-refractivity contribution in [2.75, 3.05) is 0 Å². The lowest BCUT2D eigenvalue weighted by Crippen LogP contribution is -2.20. The van der Waals surface area contributed by atoms with Crippen molar-refractivity contribution in [3.05, 3.63) is 75.0 Å². The molecule has 0 fully saturated rings. The third kappa shape index (κ3) is 3.50. The number of thiophene rings is 1. The number of rotatable bonds is 3. The summed E-state index contributed by atoms with van der Waals surface area (Å²) in [6.07, 6.45) is -3.00. The van der Waals surface area contributed by atoms with Gasteiger partial charge in [-0.2, -0.15) is 13.2 Å². The molecule has 3 aromatic rings. The lowest BCUT2D eigenvalue weighted by molar-refractivity contribution is -0.134. The Bertz CT molecular complexity index is 869. The van der Waals surface area contributed by atoms with Crippen molar-refractivity contribution >= 4 is 11.3 Å². The molecular weight excluding hydrogens is 325 g/mol. The van der Waals surface area contributed by atoms with Gasteiger partial charge in [-0.25, -0.2) is 4.98 Å². The van der Waals surface area contributed by atoms with E-state index in [1.807, 2.05) is 30.3 Å². The van der Waals surface area contributed by atoms with Gasteiger partial charge in [-0.15, -0.1) is 11.3 Å². The molecule has 3 rings (SSSR count). The van der Waals surface area contributed by atoms with Gasteiger partial charge >= 0.3 is 6.18 Å². The van der Waals surface area contributed by atoms with Crippen LogP contribution in [-0.4, -0.2) is 9.55 Å².